The minimum absolute atomic E-state index is 0. The van der Waals surface area contributed by atoms with Crippen molar-refractivity contribution in [2.45, 2.75) is 0 Å². The fourth-order valence-electron chi connectivity index (χ4n) is 1.10. The summed E-state index contributed by atoms with van der Waals surface area (Å²) in [6.07, 6.45) is 0. The normalized spacial score (nSPS) is 14.3. The summed E-state index contributed by atoms with van der Waals surface area (Å²) in [4.78, 5) is 4.43. The predicted octanol–water partition coefficient (Wildman–Crippen LogP) is 1.37. The van der Waals surface area contributed by atoms with E-state index in [0.29, 0.717) is 0 Å². The fourth-order valence-corrected chi connectivity index (χ4v) is 1.79. The van der Waals surface area contributed by atoms with Crippen LogP contribution in [0, 0.1) is 0 Å². The summed E-state index contributed by atoms with van der Waals surface area (Å²) < 4.78 is 0. The van der Waals surface area contributed by atoms with Crippen molar-refractivity contribution in [2.24, 2.45) is 4.99 Å². The third-order valence-corrected chi connectivity index (χ3v) is 2.48. The van der Waals surface area contributed by atoms with Gasteiger partial charge in [-0.1, -0.05) is 18.2 Å². The highest BCUT2D eigenvalue weighted by Crippen LogP contribution is 2.00. The Hall–Kier alpha value is -0.280. The molecule has 0 aliphatic carbocycles. The monoisotopic (exact) mass is 243 g/mol. The van der Waals surface area contributed by atoms with E-state index in [1.54, 1.807) is 0 Å². The van der Waals surface area contributed by atoms with Gasteiger partial charge in [0.05, 0.1) is 5.36 Å². The van der Waals surface area contributed by atoms with Gasteiger partial charge in [0, 0.05) is 17.5 Å². The average molecular weight is 244 g/mol. The SMILES string of the molecule is Br.C1=c2ccccc2=NCCS1. The van der Waals surface area contributed by atoms with Crippen molar-refractivity contribution in [3.8, 4) is 0 Å². The number of halogens is 1. The number of hydrogen-bond acceptors (Lipinski definition) is 2. The summed E-state index contributed by atoms with van der Waals surface area (Å²) in [5, 5.41) is 4.58. The van der Waals surface area contributed by atoms with Crippen molar-refractivity contribution >= 4 is 34.2 Å². The van der Waals surface area contributed by atoms with E-state index in [1.807, 2.05) is 17.8 Å². The Morgan fingerprint density at radius 3 is 3.00 bits per heavy atom. The van der Waals surface area contributed by atoms with Gasteiger partial charge in [0.25, 0.3) is 0 Å². The van der Waals surface area contributed by atoms with Gasteiger partial charge < -0.3 is 0 Å². The van der Waals surface area contributed by atoms with E-state index in [1.165, 1.54) is 5.22 Å². The van der Waals surface area contributed by atoms with Gasteiger partial charge >= 0.3 is 0 Å². The van der Waals surface area contributed by atoms with E-state index in [0.717, 1.165) is 17.7 Å². The van der Waals surface area contributed by atoms with Crippen LogP contribution >= 0.6 is 28.7 Å². The van der Waals surface area contributed by atoms with Crippen LogP contribution in [0.5, 0.6) is 0 Å². The summed E-state index contributed by atoms with van der Waals surface area (Å²) in [7, 11) is 0. The van der Waals surface area contributed by atoms with Crippen molar-refractivity contribution in [3.05, 3.63) is 34.8 Å². The molecule has 1 nitrogen and oxygen atoms in total. The molecule has 0 fully saturated rings. The predicted molar refractivity (Wildman–Crippen MR) is 59.3 cm³/mol. The smallest absolute Gasteiger partial charge is 0.0652 e. The maximum atomic E-state index is 4.43. The Balaban J connectivity index is 0.000000720. The summed E-state index contributed by atoms with van der Waals surface area (Å²) in [5.41, 5.74) is 0. The molecular formula is C9H10BrNS. The van der Waals surface area contributed by atoms with Gasteiger partial charge in [-0.15, -0.1) is 28.7 Å². The molecule has 1 aromatic rings. The van der Waals surface area contributed by atoms with Crippen LogP contribution in [-0.2, 0) is 0 Å². The molecule has 1 aliphatic rings. The molecule has 2 rings (SSSR count). The summed E-state index contributed by atoms with van der Waals surface area (Å²) in [5.74, 6) is 1.11. The molecule has 0 atom stereocenters. The third-order valence-electron chi connectivity index (χ3n) is 1.64. The molecular weight excluding hydrogens is 234 g/mol. The van der Waals surface area contributed by atoms with Crippen LogP contribution < -0.4 is 10.6 Å². The van der Waals surface area contributed by atoms with Gasteiger partial charge in [0.2, 0.25) is 0 Å². The minimum atomic E-state index is 0. The Labute approximate surface area is 86.4 Å². The number of thioether (sulfide) groups is 1. The standard InChI is InChI=1S/C9H9NS.BrH/c1-2-4-9-8(3-1)7-11-6-5-10-9;/h1-4,7H,5-6H2;1H. The molecule has 0 amide bonds. The van der Waals surface area contributed by atoms with Gasteiger partial charge in [-0.05, 0) is 11.5 Å². The lowest BCUT2D eigenvalue weighted by atomic mass is 10.3. The molecule has 0 bridgehead atoms. The zero-order valence-corrected chi connectivity index (χ0v) is 9.09. The van der Waals surface area contributed by atoms with Crippen molar-refractivity contribution in [1.29, 1.82) is 0 Å². The molecule has 3 heteroatoms. The minimum Gasteiger partial charge on any atom is -0.284 e. The van der Waals surface area contributed by atoms with Gasteiger partial charge in [-0.25, -0.2) is 0 Å². The highest BCUT2D eigenvalue weighted by molar-refractivity contribution is 8.93. The van der Waals surface area contributed by atoms with Crippen molar-refractivity contribution in [2.75, 3.05) is 12.3 Å². The van der Waals surface area contributed by atoms with E-state index < -0.39 is 0 Å². The zero-order valence-electron chi connectivity index (χ0n) is 6.56. The van der Waals surface area contributed by atoms with Crippen LogP contribution in [0.3, 0.4) is 0 Å². The number of para-hydroxylation sites is 1. The largest absolute Gasteiger partial charge is 0.284 e. The Morgan fingerprint density at radius 2 is 2.08 bits per heavy atom. The summed E-state index contributed by atoms with van der Waals surface area (Å²) in [6, 6.07) is 8.26. The quantitative estimate of drug-likeness (QED) is 0.671. The Morgan fingerprint density at radius 1 is 1.25 bits per heavy atom. The first-order valence-electron chi connectivity index (χ1n) is 3.68. The van der Waals surface area contributed by atoms with Crippen LogP contribution in [-0.4, -0.2) is 12.3 Å². The molecule has 0 aromatic heterocycles. The Kier molecular flexibility index (Phi) is 3.82. The van der Waals surface area contributed by atoms with Gasteiger partial charge in [0.15, 0.2) is 0 Å². The first kappa shape index (κ1) is 9.81. The first-order valence-corrected chi connectivity index (χ1v) is 4.73. The highest BCUT2D eigenvalue weighted by atomic mass is 79.9. The van der Waals surface area contributed by atoms with E-state index >= 15 is 0 Å². The highest BCUT2D eigenvalue weighted by Gasteiger charge is 1.91. The molecule has 0 saturated carbocycles. The average Bonchev–Trinajstić information content (AvgIpc) is 2.28. The molecule has 0 N–H and O–H groups in total. The first-order chi connectivity index (χ1) is 5.47. The molecule has 1 heterocycles. The lowest BCUT2D eigenvalue weighted by Crippen LogP contribution is -2.22. The van der Waals surface area contributed by atoms with Gasteiger partial charge in [0.1, 0.15) is 0 Å². The molecule has 12 heavy (non-hydrogen) atoms. The lowest BCUT2D eigenvalue weighted by molar-refractivity contribution is 1.07. The van der Waals surface area contributed by atoms with Crippen molar-refractivity contribution < 1.29 is 0 Å². The van der Waals surface area contributed by atoms with Crippen molar-refractivity contribution in [3.63, 3.8) is 0 Å². The van der Waals surface area contributed by atoms with Crippen LogP contribution in [0.1, 0.15) is 0 Å². The second-order valence-electron chi connectivity index (χ2n) is 2.43. The number of benzene rings is 1. The van der Waals surface area contributed by atoms with Crippen LogP contribution in [0.15, 0.2) is 29.3 Å². The molecule has 0 saturated heterocycles. The lowest BCUT2D eigenvalue weighted by Gasteiger charge is -1.84. The van der Waals surface area contributed by atoms with E-state index in [4.69, 9.17) is 0 Å². The zero-order chi connectivity index (χ0) is 7.52. The maximum absolute atomic E-state index is 4.43. The molecule has 0 radical (unpaired) electrons. The van der Waals surface area contributed by atoms with E-state index in [9.17, 15) is 0 Å². The Bertz CT molecular complexity index is 326. The number of rotatable bonds is 0. The summed E-state index contributed by atoms with van der Waals surface area (Å²) >= 11 is 1.84. The van der Waals surface area contributed by atoms with E-state index in [-0.39, 0.29) is 17.0 Å². The number of nitrogens with zero attached hydrogens (tertiary/aromatic N) is 1. The van der Waals surface area contributed by atoms with Crippen LogP contribution in [0.4, 0.5) is 0 Å². The third kappa shape index (κ3) is 2.11. The maximum Gasteiger partial charge on any atom is 0.0652 e. The summed E-state index contributed by atoms with van der Waals surface area (Å²) in [6.45, 7) is 0.943. The second kappa shape index (κ2) is 4.67. The molecule has 1 aliphatic heterocycles. The molecule has 64 valence electrons. The second-order valence-corrected chi connectivity index (χ2v) is 3.41. The molecule has 0 spiro atoms. The van der Waals surface area contributed by atoms with Crippen LogP contribution in [0.25, 0.3) is 5.41 Å². The number of fused-ring (bicyclic) bond motifs is 1. The van der Waals surface area contributed by atoms with Gasteiger partial charge in [-0.2, -0.15) is 0 Å². The molecule has 1 aromatic carbocycles. The van der Waals surface area contributed by atoms with Gasteiger partial charge in [-0.3, -0.25) is 4.99 Å². The number of hydrogen-bond donors (Lipinski definition) is 0. The van der Waals surface area contributed by atoms with E-state index in [2.05, 4.69) is 28.6 Å². The topological polar surface area (TPSA) is 12.4 Å². The van der Waals surface area contributed by atoms with Crippen molar-refractivity contribution in [1.82, 2.24) is 0 Å². The van der Waals surface area contributed by atoms with Crippen LogP contribution in [0.2, 0.25) is 0 Å². The molecule has 0 unspecified atom stereocenters. The fraction of sp³-hybridized carbons (Fsp3) is 0.222.